The predicted molar refractivity (Wildman–Crippen MR) is 68.6 cm³/mol. The molecule has 0 aliphatic carbocycles. The minimum atomic E-state index is -4.30. The van der Waals surface area contributed by atoms with Crippen LogP contribution in [0.25, 0.3) is 0 Å². The molecule has 1 aliphatic rings. The van der Waals surface area contributed by atoms with Gasteiger partial charge in [-0.25, -0.2) is 0 Å². The molecule has 1 fully saturated rings. The van der Waals surface area contributed by atoms with Crippen LogP contribution in [0.4, 0.5) is 18.9 Å². The summed E-state index contributed by atoms with van der Waals surface area (Å²) in [5.74, 6) is 0. The Morgan fingerprint density at radius 2 is 1.83 bits per heavy atom. The molecule has 18 heavy (non-hydrogen) atoms. The number of alkyl halides is 3. The van der Waals surface area contributed by atoms with Gasteiger partial charge in [-0.05, 0) is 47.0 Å². The highest BCUT2D eigenvalue weighted by Gasteiger charge is 2.31. The van der Waals surface area contributed by atoms with Gasteiger partial charge in [0.15, 0.2) is 0 Å². The van der Waals surface area contributed by atoms with Gasteiger partial charge in [0.05, 0.1) is 11.3 Å². The van der Waals surface area contributed by atoms with E-state index in [0.29, 0.717) is 4.47 Å². The van der Waals surface area contributed by atoms with Gasteiger partial charge in [0.1, 0.15) is 0 Å². The van der Waals surface area contributed by atoms with Crippen LogP contribution in [0.5, 0.6) is 0 Å². The Balaban J connectivity index is 2.20. The van der Waals surface area contributed by atoms with E-state index in [1.165, 1.54) is 6.07 Å². The molecule has 100 valence electrons. The van der Waals surface area contributed by atoms with Gasteiger partial charge in [0, 0.05) is 23.6 Å². The van der Waals surface area contributed by atoms with Crippen molar-refractivity contribution in [1.82, 2.24) is 0 Å². The Morgan fingerprint density at radius 3 is 2.33 bits per heavy atom. The molecule has 1 heterocycles. The third kappa shape index (κ3) is 2.98. The van der Waals surface area contributed by atoms with Gasteiger partial charge < -0.3 is 10.6 Å². The summed E-state index contributed by atoms with van der Waals surface area (Å²) in [6.45, 7) is 1.57. The summed E-state index contributed by atoms with van der Waals surface area (Å²) in [4.78, 5) is 2.06. The van der Waals surface area contributed by atoms with Crippen LogP contribution in [0.3, 0.4) is 0 Å². The van der Waals surface area contributed by atoms with Gasteiger partial charge in [0.25, 0.3) is 0 Å². The second-order valence-electron chi connectivity index (χ2n) is 4.49. The Hall–Kier alpha value is -0.750. The molecule has 0 unspecified atom stereocenters. The Kier molecular flexibility index (Phi) is 3.87. The van der Waals surface area contributed by atoms with Crippen LogP contribution in [0.15, 0.2) is 22.7 Å². The van der Waals surface area contributed by atoms with Gasteiger partial charge in [-0.3, -0.25) is 0 Å². The SMILES string of the molecule is NC1CCN(c2ccc(C(F)(F)F)cc2Br)CC1. The van der Waals surface area contributed by atoms with Gasteiger partial charge in [-0.1, -0.05) is 0 Å². The second kappa shape index (κ2) is 5.09. The smallest absolute Gasteiger partial charge is 0.371 e. The van der Waals surface area contributed by atoms with Crippen LogP contribution in [0.1, 0.15) is 18.4 Å². The molecule has 6 heteroatoms. The summed E-state index contributed by atoms with van der Waals surface area (Å²) >= 11 is 3.22. The summed E-state index contributed by atoms with van der Waals surface area (Å²) in [5, 5.41) is 0. The zero-order chi connectivity index (χ0) is 13.3. The number of benzene rings is 1. The van der Waals surface area contributed by atoms with E-state index < -0.39 is 11.7 Å². The summed E-state index contributed by atoms with van der Waals surface area (Å²) < 4.78 is 38.1. The zero-order valence-electron chi connectivity index (χ0n) is 9.67. The van der Waals surface area contributed by atoms with Crippen molar-refractivity contribution in [3.63, 3.8) is 0 Å². The first kappa shape index (κ1) is 13.7. The fourth-order valence-corrected chi connectivity index (χ4v) is 2.71. The first-order valence-corrected chi connectivity index (χ1v) is 6.54. The molecule has 0 bridgehead atoms. The van der Waals surface area contributed by atoms with E-state index in [4.69, 9.17) is 5.73 Å². The number of anilines is 1. The van der Waals surface area contributed by atoms with Crippen molar-refractivity contribution in [1.29, 1.82) is 0 Å². The van der Waals surface area contributed by atoms with E-state index in [9.17, 15) is 13.2 Å². The summed E-state index contributed by atoms with van der Waals surface area (Å²) in [6.07, 6.45) is -2.56. The number of halogens is 4. The molecule has 0 spiro atoms. The number of piperidine rings is 1. The van der Waals surface area contributed by atoms with Crippen molar-refractivity contribution in [2.75, 3.05) is 18.0 Å². The monoisotopic (exact) mass is 322 g/mol. The van der Waals surface area contributed by atoms with E-state index >= 15 is 0 Å². The summed E-state index contributed by atoms with van der Waals surface area (Å²) in [7, 11) is 0. The maximum atomic E-state index is 12.5. The van der Waals surface area contributed by atoms with Crippen LogP contribution in [0, 0.1) is 0 Å². The molecule has 2 N–H and O–H groups in total. The lowest BCUT2D eigenvalue weighted by Gasteiger charge is -2.32. The van der Waals surface area contributed by atoms with Crippen LogP contribution >= 0.6 is 15.9 Å². The topological polar surface area (TPSA) is 29.3 Å². The molecule has 1 aromatic rings. The van der Waals surface area contributed by atoms with Crippen LogP contribution in [-0.4, -0.2) is 19.1 Å². The van der Waals surface area contributed by atoms with Crippen LogP contribution < -0.4 is 10.6 Å². The molecular formula is C12H14BrF3N2. The van der Waals surface area contributed by atoms with E-state index in [2.05, 4.69) is 20.8 Å². The number of rotatable bonds is 1. The van der Waals surface area contributed by atoms with E-state index in [1.54, 1.807) is 0 Å². The summed E-state index contributed by atoms with van der Waals surface area (Å²) in [6, 6.07) is 3.97. The standard InChI is InChI=1S/C12H14BrF3N2/c13-10-7-8(12(14,15)16)1-2-11(10)18-5-3-9(17)4-6-18/h1-2,7,9H,3-6,17H2. The Morgan fingerprint density at radius 1 is 1.22 bits per heavy atom. The molecule has 0 aromatic heterocycles. The molecule has 2 nitrogen and oxygen atoms in total. The lowest BCUT2D eigenvalue weighted by molar-refractivity contribution is -0.137. The van der Waals surface area contributed by atoms with Crippen molar-refractivity contribution >= 4 is 21.6 Å². The lowest BCUT2D eigenvalue weighted by Crippen LogP contribution is -2.39. The average molecular weight is 323 g/mol. The second-order valence-corrected chi connectivity index (χ2v) is 5.34. The van der Waals surface area contributed by atoms with Crippen molar-refractivity contribution in [3.05, 3.63) is 28.2 Å². The maximum absolute atomic E-state index is 12.5. The minimum absolute atomic E-state index is 0.203. The molecule has 0 radical (unpaired) electrons. The highest BCUT2D eigenvalue weighted by molar-refractivity contribution is 9.10. The number of nitrogens with two attached hydrogens (primary N) is 1. The van der Waals surface area contributed by atoms with Gasteiger partial charge in [-0.15, -0.1) is 0 Å². The van der Waals surface area contributed by atoms with Crippen molar-refractivity contribution in [3.8, 4) is 0 Å². The number of nitrogens with zero attached hydrogens (tertiary/aromatic N) is 1. The fourth-order valence-electron chi connectivity index (χ4n) is 2.08. The number of hydrogen-bond donors (Lipinski definition) is 1. The van der Waals surface area contributed by atoms with E-state index in [-0.39, 0.29) is 6.04 Å². The first-order valence-electron chi connectivity index (χ1n) is 5.75. The van der Waals surface area contributed by atoms with Crippen molar-refractivity contribution in [2.24, 2.45) is 5.73 Å². The van der Waals surface area contributed by atoms with E-state index in [0.717, 1.165) is 43.8 Å². The molecule has 1 aliphatic heterocycles. The predicted octanol–water partition coefficient (Wildman–Crippen LogP) is 3.40. The quantitative estimate of drug-likeness (QED) is 0.858. The molecular weight excluding hydrogens is 309 g/mol. The molecule has 0 atom stereocenters. The van der Waals surface area contributed by atoms with Crippen molar-refractivity contribution < 1.29 is 13.2 Å². The average Bonchev–Trinajstić information content (AvgIpc) is 2.29. The molecule has 2 rings (SSSR count). The highest BCUT2D eigenvalue weighted by atomic mass is 79.9. The number of hydrogen-bond acceptors (Lipinski definition) is 2. The van der Waals surface area contributed by atoms with E-state index in [1.807, 2.05) is 0 Å². The van der Waals surface area contributed by atoms with Crippen LogP contribution in [-0.2, 0) is 6.18 Å². The zero-order valence-corrected chi connectivity index (χ0v) is 11.3. The Bertz CT molecular complexity index is 426. The summed E-state index contributed by atoms with van der Waals surface area (Å²) in [5.41, 5.74) is 5.98. The lowest BCUT2D eigenvalue weighted by atomic mass is 10.1. The van der Waals surface area contributed by atoms with Crippen LogP contribution in [0.2, 0.25) is 0 Å². The molecule has 1 aromatic carbocycles. The molecule has 0 saturated carbocycles. The highest BCUT2D eigenvalue weighted by Crippen LogP contribution is 2.35. The third-order valence-electron chi connectivity index (χ3n) is 3.16. The molecule has 1 saturated heterocycles. The first-order chi connectivity index (χ1) is 8.38. The van der Waals surface area contributed by atoms with Crippen molar-refractivity contribution in [2.45, 2.75) is 25.1 Å². The Labute approximate surface area is 112 Å². The minimum Gasteiger partial charge on any atom is -0.371 e. The molecule has 0 amide bonds. The van der Waals surface area contributed by atoms with Gasteiger partial charge in [0.2, 0.25) is 0 Å². The maximum Gasteiger partial charge on any atom is 0.416 e. The van der Waals surface area contributed by atoms with Gasteiger partial charge >= 0.3 is 6.18 Å². The largest absolute Gasteiger partial charge is 0.416 e. The van der Waals surface area contributed by atoms with Gasteiger partial charge in [-0.2, -0.15) is 13.2 Å². The fraction of sp³-hybridized carbons (Fsp3) is 0.500. The third-order valence-corrected chi connectivity index (χ3v) is 3.79. The normalized spacial score (nSPS) is 18.2.